The molecule has 94 valence electrons. The van der Waals surface area contributed by atoms with E-state index in [1.807, 2.05) is 0 Å². The number of carbonyl (C=O) groups is 1. The van der Waals surface area contributed by atoms with Crippen LogP contribution in [0.3, 0.4) is 0 Å². The molecule has 0 unspecified atom stereocenters. The van der Waals surface area contributed by atoms with Gasteiger partial charge in [0.15, 0.2) is 0 Å². The molecule has 1 rings (SSSR count). The Morgan fingerprint density at radius 1 is 1.47 bits per heavy atom. The summed E-state index contributed by atoms with van der Waals surface area (Å²) in [7, 11) is 3.41. The molecular weight excluding hydrogens is 218 g/mol. The standard InChI is InChI=1S/C13H19NO3/c1-10-9-11(5-6-12(10)15)13(16)14(2)7-4-8-17-3/h5-6,9,15H,4,7-8H2,1-3H3. The van der Waals surface area contributed by atoms with Gasteiger partial charge >= 0.3 is 0 Å². The fourth-order valence-corrected chi connectivity index (χ4v) is 1.56. The molecule has 0 spiro atoms. The van der Waals surface area contributed by atoms with Crippen molar-refractivity contribution in [3.63, 3.8) is 0 Å². The van der Waals surface area contributed by atoms with Gasteiger partial charge in [-0.05, 0) is 37.1 Å². The van der Waals surface area contributed by atoms with E-state index in [0.29, 0.717) is 24.3 Å². The predicted molar refractivity (Wildman–Crippen MR) is 66.3 cm³/mol. The Morgan fingerprint density at radius 3 is 2.76 bits per heavy atom. The van der Waals surface area contributed by atoms with Crippen LogP contribution < -0.4 is 0 Å². The molecule has 0 saturated carbocycles. The molecule has 1 N–H and O–H groups in total. The van der Waals surface area contributed by atoms with E-state index < -0.39 is 0 Å². The number of carbonyl (C=O) groups excluding carboxylic acids is 1. The van der Waals surface area contributed by atoms with Crippen LogP contribution in [0.25, 0.3) is 0 Å². The van der Waals surface area contributed by atoms with Crippen molar-refractivity contribution in [2.75, 3.05) is 27.3 Å². The van der Waals surface area contributed by atoms with Gasteiger partial charge in [-0.25, -0.2) is 0 Å². The second-order valence-electron chi connectivity index (χ2n) is 4.07. The molecule has 0 fully saturated rings. The van der Waals surface area contributed by atoms with Crippen LogP contribution in [0, 0.1) is 6.92 Å². The number of rotatable bonds is 5. The van der Waals surface area contributed by atoms with Crippen molar-refractivity contribution in [3.05, 3.63) is 29.3 Å². The highest BCUT2D eigenvalue weighted by molar-refractivity contribution is 5.94. The Kier molecular flexibility index (Phi) is 4.97. The monoisotopic (exact) mass is 237 g/mol. The minimum Gasteiger partial charge on any atom is -0.508 e. The largest absolute Gasteiger partial charge is 0.508 e. The van der Waals surface area contributed by atoms with Crippen LogP contribution in [0.1, 0.15) is 22.3 Å². The minimum absolute atomic E-state index is 0.0378. The van der Waals surface area contributed by atoms with E-state index in [9.17, 15) is 9.90 Å². The first kappa shape index (κ1) is 13.5. The van der Waals surface area contributed by atoms with Crippen molar-refractivity contribution in [3.8, 4) is 5.75 Å². The van der Waals surface area contributed by atoms with Gasteiger partial charge in [-0.1, -0.05) is 0 Å². The number of phenolic OH excluding ortho intramolecular Hbond substituents is 1. The van der Waals surface area contributed by atoms with Gasteiger partial charge < -0.3 is 14.7 Å². The fraction of sp³-hybridized carbons (Fsp3) is 0.462. The van der Waals surface area contributed by atoms with Crippen LogP contribution in [-0.2, 0) is 4.74 Å². The molecule has 17 heavy (non-hydrogen) atoms. The number of nitrogens with zero attached hydrogens (tertiary/aromatic N) is 1. The third-order valence-electron chi connectivity index (χ3n) is 2.63. The lowest BCUT2D eigenvalue weighted by Gasteiger charge is -2.17. The first-order chi connectivity index (χ1) is 8.06. The Labute approximate surface area is 102 Å². The van der Waals surface area contributed by atoms with Crippen LogP contribution in [0.5, 0.6) is 5.75 Å². The Morgan fingerprint density at radius 2 is 2.18 bits per heavy atom. The second kappa shape index (κ2) is 6.25. The third-order valence-corrected chi connectivity index (χ3v) is 2.63. The van der Waals surface area contributed by atoms with Crippen molar-refractivity contribution in [1.29, 1.82) is 0 Å². The zero-order valence-electron chi connectivity index (χ0n) is 10.6. The van der Waals surface area contributed by atoms with Crippen LogP contribution in [-0.4, -0.2) is 43.2 Å². The number of hydrogen-bond donors (Lipinski definition) is 1. The maximum absolute atomic E-state index is 12.0. The number of hydrogen-bond acceptors (Lipinski definition) is 3. The average Bonchev–Trinajstić information content (AvgIpc) is 2.32. The van der Waals surface area contributed by atoms with E-state index in [4.69, 9.17) is 4.74 Å². The molecule has 0 aromatic heterocycles. The summed E-state index contributed by atoms with van der Waals surface area (Å²) in [6, 6.07) is 4.88. The Bertz CT molecular complexity index is 390. The third kappa shape index (κ3) is 3.75. The maximum Gasteiger partial charge on any atom is 0.253 e. The van der Waals surface area contributed by atoms with E-state index in [1.165, 1.54) is 0 Å². The molecule has 0 heterocycles. The van der Waals surface area contributed by atoms with Crippen molar-refractivity contribution in [2.24, 2.45) is 0 Å². The highest BCUT2D eigenvalue weighted by Gasteiger charge is 2.12. The number of ether oxygens (including phenoxy) is 1. The van der Waals surface area contributed by atoms with Gasteiger partial charge in [0, 0.05) is 32.9 Å². The summed E-state index contributed by atoms with van der Waals surface area (Å²) < 4.78 is 4.94. The zero-order chi connectivity index (χ0) is 12.8. The number of amides is 1. The van der Waals surface area contributed by atoms with Crippen LogP contribution in [0.15, 0.2) is 18.2 Å². The summed E-state index contributed by atoms with van der Waals surface area (Å²) in [6.45, 7) is 3.08. The highest BCUT2D eigenvalue weighted by Crippen LogP contribution is 2.17. The van der Waals surface area contributed by atoms with E-state index >= 15 is 0 Å². The topological polar surface area (TPSA) is 49.8 Å². The summed E-state index contributed by atoms with van der Waals surface area (Å²) in [4.78, 5) is 13.7. The molecular formula is C13H19NO3. The Balaban J connectivity index is 2.65. The summed E-state index contributed by atoms with van der Waals surface area (Å²) in [6.07, 6.45) is 0.815. The van der Waals surface area contributed by atoms with E-state index in [0.717, 1.165) is 6.42 Å². The first-order valence-electron chi connectivity index (χ1n) is 5.60. The fourth-order valence-electron chi connectivity index (χ4n) is 1.56. The lowest BCUT2D eigenvalue weighted by atomic mass is 10.1. The van der Waals surface area contributed by atoms with E-state index in [1.54, 1.807) is 44.2 Å². The summed E-state index contributed by atoms with van der Waals surface area (Å²) in [5.74, 6) is 0.174. The average molecular weight is 237 g/mol. The van der Waals surface area contributed by atoms with Crippen LogP contribution >= 0.6 is 0 Å². The van der Waals surface area contributed by atoms with Gasteiger partial charge in [-0.3, -0.25) is 4.79 Å². The molecule has 0 aliphatic heterocycles. The van der Waals surface area contributed by atoms with Crippen LogP contribution in [0.4, 0.5) is 0 Å². The molecule has 0 bridgehead atoms. The van der Waals surface area contributed by atoms with Crippen molar-refractivity contribution < 1.29 is 14.6 Å². The molecule has 4 heteroatoms. The van der Waals surface area contributed by atoms with Crippen LogP contribution in [0.2, 0.25) is 0 Å². The number of benzene rings is 1. The van der Waals surface area contributed by atoms with Gasteiger partial charge in [-0.15, -0.1) is 0 Å². The molecule has 1 aromatic carbocycles. The lowest BCUT2D eigenvalue weighted by molar-refractivity contribution is 0.0779. The minimum atomic E-state index is -0.0378. The summed E-state index contributed by atoms with van der Waals surface area (Å²) >= 11 is 0. The van der Waals surface area contributed by atoms with Crippen molar-refractivity contribution >= 4 is 5.91 Å². The number of methoxy groups -OCH3 is 1. The zero-order valence-corrected chi connectivity index (χ0v) is 10.6. The lowest BCUT2D eigenvalue weighted by Crippen LogP contribution is -2.28. The van der Waals surface area contributed by atoms with Gasteiger partial charge in [0.1, 0.15) is 5.75 Å². The summed E-state index contributed by atoms with van der Waals surface area (Å²) in [5.41, 5.74) is 1.31. The molecule has 0 saturated heterocycles. The molecule has 0 aliphatic carbocycles. The maximum atomic E-state index is 12.0. The normalized spacial score (nSPS) is 10.3. The quantitative estimate of drug-likeness (QED) is 0.794. The molecule has 1 aromatic rings. The van der Waals surface area contributed by atoms with Gasteiger partial charge in [0.25, 0.3) is 5.91 Å². The number of aromatic hydroxyl groups is 1. The second-order valence-corrected chi connectivity index (χ2v) is 4.07. The smallest absolute Gasteiger partial charge is 0.253 e. The van der Waals surface area contributed by atoms with Crippen molar-refractivity contribution in [2.45, 2.75) is 13.3 Å². The predicted octanol–water partition coefficient (Wildman–Crippen LogP) is 1.81. The molecule has 4 nitrogen and oxygen atoms in total. The Hall–Kier alpha value is -1.55. The summed E-state index contributed by atoms with van der Waals surface area (Å²) in [5, 5.41) is 9.40. The van der Waals surface area contributed by atoms with E-state index in [2.05, 4.69) is 0 Å². The van der Waals surface area contributed by atoms with Gasteiger partial charge in [0.05, 0.1) is 0 Å². The first-order valence-corrected chi connectivity index (χ1v) is 5.60. The van der Waals surface area contributed by atoms with Gasteiger partial charge in [0.2, 0.25) is 0 Å². The van der Waals surface area contributed by atoms with Crippen molar-refractivity contribution in [1.82, 2.24) is 4.90 Å². The van der Waals surface area contributed by atoms with Gasteiger partial charge in [-0.2, -0.15) is 0 Å². The number of aryl methyl sites for hydroxylation is 1. The molecule has 0 aliphatic rings. The highest BCUT2D eigenvalue weighted by atomic mass is 16.5. The molecule has 0 atom stereocenters. The molecule has 1 amide bonds. The van der Waals surface area contributed by atoms with E-state index in [-0.39, 0.29) is 11.7 Å². The molecule has 0 radical (unpaired) electrons. The SMILES string of the molecule is COCCCN(C)C(=O)c1ccc(O)c(C)c1. The number of phenols is 1.